The van der Waals surface area contributed by atoms with Gasteiger partial charge in [-0.15, -0.1) is 0 Å². The van der Waals surface area contributed by atoms with Crippen LogP contribution in [-0.4, -0.2) is 25.3 Å². The summed E-state index contributed by atoms with van der Waals surface area (Å²) >= 11 is 0. The Bertz CT molecular complexity index is 535. The highest BCUT2D eigenvalue weighted by Crippen LogP contribution is 2.30. The molecule has 0 amide bonds. The predicted molar refractivity (Wildman–Crippen MR) is 49.1 cm³/mol. The summed E-state index contributed by atoms with van der Waals surface area (Å²) in [5.41, 5.74) is -6.05. The van der Waals surface area contributed by atoms with Crippen LogP contribution >= 0.6 is 0 Å². The molecule has 1 rings (SSSR count). The number of rotatable bonds is 3. The molecular weight excluding hydrogens is 265 g/mol. The number of phenolic OH excluding ortho intramolecular Hbond substituents is 1. The van der Waals surface area contributed by atoms with E-state index >= 15 is 0 Å². The summed E-state index contributed by atoms with van der Waals surface area (Å²) in [5.74, 6) is -1.43. The third kappa shape index (κ3) is 2.87. The van der Waals surface area contributed by atoms with Gasteiger partial charge in [-0.2, -0.15) is 21.6 Å². The number of phenols is 1. The minimum absolute atomic E-state index is 0.0979. The fourth-order valence-corrected chi connectivity index (χ4v) is 1.33. The molecule has 1 aromatic rings. The van der Waals surface area contributed by atoms with Crippen LogP contribution in [0.1, 0.15) is 10.4 Å². The highest BCUT2D eigenvalue weighted by molar-refractivity contribution is 7.88. The molecule has 94 valence electrons. The molecule has 0 radical (unpaired) electrons. The number of carbonyl (C=O) groups is 1. The van der Waals surface area contributed by atoms with Crippen LogP contribution in [0.5, 0.6) is 11.5 Å². The van der Waals surface area contributed by atoms with Gasteiger partial charge in [0.15, 0.2) is 12.0 Å². The standard InChI is InChI=1S/C8H5F3O5S/c9-8(10,11)17(14,15)16-7-3-6(13)2-1-5(7)4-12/h1-4,13H. The summed E-state index contributed by atoms with van der Waals surface area (Å²) in [6, 6.07) is 2.51. The molecule has 5 nitrogen and oxygen atoms in total. The third-order valence-corrected chi connectivity index (χ3v) is 2.57. The van der Waals surface area contributed by atoms with Crippen molar-refractivity contribution in [2.75, 3.05) is 0 Å². The van der Waals surface area contributed by atoms with Crippen molar-refractivity contribution in [2.45, 2.75) is 5.51 Å². The lowest BCUT2D eigenvalue weighted by Gasteiger charge is -2.10. The van der Waals surface area contributed by atoms with Gasteiger partial charge in [0.25, 0.3) is 0 Å². The van der Waals surface area contributed by atoms with E-state index in [2.05, 4.69) is 4.18 Å². The molecule has 9 heteroatoms. The second-order valence-electron chi connectivity index (χ2n) is 2.82. The number of aldehydes is 1. The van der Waals surface area contributed by atoms with E-state index < -0.39 is 32.7 Å². The fourth-order valence-electron chi connectivity index (χ4n) is 0.858. The zero-order valence-corrected chi connectivity index (χ0v) is 8.75. The quantitative estimate of drug-likeness (QED) is 0.510. The maximum Gasteiger partial charge on any atom is 0.534 e. The van der Waals surface area contributed by atoms with Gasteiger partial charge in [0.1, 0.15) is 5.75 Å². The Morgan fingerprint density at radius 1 is 1.29 bits per heavy atom. The Hall–Kier alpha value is -1.77. The summed E-state index contributed by atoms with van der Waals surface area (Å²) in [5, 5.41) is 8.96. The van der Waals surface area contributed by atoms with Gasteiger partial charge in [-0.05, 0) is 12.1 Å². The fraction of sp³-hybridized carbons (Fsp3) is 0.125. The lowest BCUT2D eigenvalue weighted by molar-refractivity contribution is -0.0500. The Labute approximate surface area is 93.6 Å². The molecule has 1 aromatic carbocycles. The van der Waals surface area contributed by atoms with Crippen molar-refractivity contribution in [3.05, 3.63) is 23.8 Å². The first-order valence-corrected chi connectivity index (χ1v) is 5.37. The maximum absolute atomic E-state index is 12.0. The smallest absolute Gasteiger partial charge is 0.508 e. The van der Waals surface area contributed by atoms with Crippen LogP contribution < -0.4 is 4.18 Å². The SMILES string of the molecule is O=Cc1ccc(O)cc1OS(=O)(=O)C(F)(F)F. The lowest BCUT2D eigenvalue weighted by Crippen LogP contribution is -2.28. The van der Waals surface area contributed by atoms with Crippen LogP contribution in [0.3, 0.4) is 0 Å². The number of hydrogen-bond donors (Lipinski definition) is 1. The van der Waals surface area contributed by atoms with Gasteiger partial charge in [0, 0.05) is 6.07 Å². The van der Waals surface area contributed by atoms with Crippen LogP contribution in [0.4, 0.5) is 13.2 Å². The third-order valence-electron chi connectivity index (χ3n) is 1.61. The van der Waals surface area contributed by atoms with Crippen molar-refractivity contribution >= 4 is 16.4 Å². The molecule has 0 heterocycles. The normalized spacial score (nSPS) is 12.2. The van der Waals surface area contributed by atoms with E-state index in [1.165, 1.54) is 0 Å². The molecule has 0 aliphatic carbocycles. The number of aromatic hydroxyl groups is 1. The van der Waals surface area contributed by atoms with Crippen LogP contribution in [0, 0.1) is 0 Å². The van der Waals surface area contributed by atoms with Gasteiger partial charge in [-0.25, -0.2) is 0 Å². The largest absolute Gasteiger partial charge is 0.534 e. The monoisotopic (exact) mass is 270 g/mol. The number of benzene rings is 1. The molecule has 0 fully saturated rings. The zero-order valence-electron chi connectivity index (χ0n) is 7.93. The number of carbonyl (C=O) groups excluding carboxylic acids is 1. The van der Waals surface area contributed by atoms with Crippen molar-refractivity contribution in [3.63, 3.8) is 0 Å². The molecule has 0 spiro atoms. The van der Waals surface area contributed by atoms with Gasteiger partial charge in [0.2, 0.25) is 0 Å². The van der Waals surface area contributed by atoms with Crippen molar-refractivity contribution in [2.24, 2.45) is 0 Å². The van der Waals surface area contributed by atoms with E-state index in [1.54, 1.807) is 0 Å². The summed E-state index contributed by atoms with van der Waals surface area (Å²) in [4.78, 5) is 10.4. The van der Waals surface area contributed by atoms with Crippen LogP contribution in [0.2, 0.25) is 0 Å². The number of hydrogen-bond acceptors (Lipinski definition) is 5. The number of alkyl halides is 3. The maximum atomic E-state index is 12.0. The average Bonchev–Trinajstić information content (AvgIpc) is 2.15. The Morgan fingerprint density at radius 3 is 2.35 bits per heavy atom. The summed E-state index contributed by atoms with van der Waals surface area (Å²) in [7, 11) is -5.87. The first kappa shape index (κ1) is 13.3. The topological polar surface area (TPSA) is 80.7 Å². The van der Waals surface area contributed by atoms with Gasteiger partial charge < -0.3 is 9.29 Å². The first-order chi connectivity index (χ1) is 7.67. The highest BCUT2D eigenvalue weighted by atomic mass is 32.2. The van der Waals surface area contributed by atoms with Crippen LogP contribution in [0.25, 0.3) is 0 Å². The van der Waals surface area contributed by atoms with Crippen LogP contribution in [-0.2, 0) is 10.1 Å². The molecule has 0 unspecified atom stereocenters. The van der Waals surface area contributed by atoms with Gasteiger partial charge in [0.05, 0.1) is 5.56 Å². The Morgan fingerprint density at radius 2 is 1.88 bits per heavy atom. The van der Waals surface area contributed by atoms with E-state index in [9.17, 15) is 26.4 Å². The minimum Gasteiger partial charge on any atom is -0.508 e. The molecule has 0 aromatic heterocycles. The highest BCUT2D eigenvalue weighted by Gasteiger charge is 2.48. The average molecular weight is 270 g/mol. The molecule has 0 atom stereocenters. The van der Waals surface area contributed by atoms with Crippen molar-refractivity contribution in [1.82, 2.24) is 0 Å². The molecular formula is C8H5F3O5S. The molecule has 0 aliphatic rings. The zero-order chi connectivity index (χ0) is 13.3. The lowest BCUT2D eigenvalue weighted by atomic mass is 10.2. The first-order valence-electron chi connectivity index (χ1n) is 3.96. The molecule has 1 N–H and O–H groups in total. The van der Waals surface area contributed by atoms with Gasteiger partial charge in [-0.3, -0.25) is 4.79 Å². The summed E-state index contributed by atoms with van der Waals surface area (Å²) in [6.45, 7) is 0. The molecule has 0 aliphatic heterocycles. The van der Waals surface area contributed by atoms with Gasteiger partial charge in [-0.1, -0.05) is 0 Å². The van der Waals surface area contributed by atoms with Crippen molar-refractivity contribution < 1.29 is 35.7 Å². The molecule has 0 saturated carbocycles. The van der Waals surface area contributed by atoms with Crippen LogP contribution in [0.15, 0.2) is 18.2 Å². The minimum atomic E-state index is -5.87. The van der Waals surface area contributed by atoms with E-state index in [0.29, 0.717) is 6.07 Å². The summed E-state index contributed by atoms with van der Waals surface area (Å²) < 4.78 is 61.0. The summed E-state index contributed by atoms with van der Waals surface area (Å²) in [6.07, 6.45) is 0.0979. The van der Waals surface area contributed by atoms with E-state index in [0.717, 1.165) is 12.1 Å². The molecule has 17 heavy (non-hydrogen) atoms. The number of halogens is 3. The Balaban J connectivity index is 3.20. The van der Waals surface area contributed by atoms with Gasteiger partial charge >= 0.3 is 15.6 Å². The second-order valence-corrected chi connectivity index (χ2v) is 4.36. The van der Waals surface area contributed by atoms with E-state index in [1.807, 2.05) is 0 Å². The Kier molecular flexibility index (Phi) is 3.32. The van der Waals surface area contributed by atoms with E-state index in [-0.39, 0.29) is 6.29 Å². The predicted octanol–water partition coefficient (Wildman–Crippen LogP) is 1.43. The van der Waals surface area contributed by atoms with E-state index in [4.69, 9.17) is 5.11 Å². The second kappa shape index (κ2) is 4.24. The van der Waals surface area contributed by atoms with Crippen molar-refractivity contribution in [3.8, 4) is 11.5 Å². The van der Waals surface area contributed by atoms with Crippen molar-refractivity contribution in [1.29, 1.82) is 0 Å². The molecule has 0 saturated heterocycles. The molecule has 0 bridgehead atoms.